The number of carbonyl (C=O) groups excluding carboxylic acids is 1. The van der Waals surface area contributed by atoms with Gasteiger partial charge in [-0.3, -0.25) is 9.69 Å². The fraction of sp³-hybridized carbons (Fsp3) is 0.304. The van der Waals surface area contributed by atoms with Gasteiger partial charge in [0.1, 0.15) is 5.82 Å². The van der Waals surface area contributed by atoms with Crippen LogP contribution >= 0.6 is 0 Å². The fourth-order valence-corrected chi connectivity index (χ4v) is 3.73. The summed E-state index contributed by atoms with van der Waals surface area (Å²) in [5.74, 6) is 0.702. The number of hydrogen-bond acceptors (Lipinski definition) is 4. The van der Waals surface area contributed by atoms with Gasteiger partial charge in [-0.2, -0.15) is 0 Å². The second-order valence-electron chi connectivity index (χ2n) is 7.63. The van der Waals surface area contributed by atoms with Gasteiger partial charge in [-0.1, -0.05) is 42.5 Å². The van der Waals surface area contributed by atoms with Crippen LogP contribution in [0.5, 0.6) is 0 Å². The molecule has 1 aromatic heterocycles. The van der Waals surface area contributed by atoms with E-state index in [2.05, 4.69) is 34.0 Å². The summed E-state index contributed by atoms with van der Waals surface area (Å²) in [7, 11) is 2.06. The highest BCUT2D eigenvalue weighted by Crippen LogP contribution is 2.23. The number of benzene rings is 2. The van der Waals surface area contributed by atoms with Crippen molar-refractivity contribution in [2.75, 3.05) is 18.9 Å². The van der Waals surface area contributed by atoms with Crippen molar-refractivity contribution in [1.29, 1.82) is 0 Å². The van der Waals surface area contributed by atoms with Crippen LogP contribution in [0.1, 0.15) is 46.2 Å². The van der Waals surface area contributed by atoms with Crippen LogP contribution in [-0.4, -0.2) is 39.1 Å². The summed E-state index contributed by atoms with van der Waals surface area (Å²) in [6.07, 6.45) is 0.112. The van der Waals surface area contributed by atoms with Crippen LogP contribution in [0.15, 0.2) is 54.6 Å². The van der Waals surface area contributed by atoms with Crippen LogP contribution < -0.4 is 5.32 Å². The normalized spacial score (nSPS) is 15.0. The molecule has 0 fully saturated rings. The lowest BCUT2D eigenvalue weighted by Gasteiger charge is -2.25. The van der Waals surface area contributed by atoms with E-state index in [4.69, 9.17) is 4.98 Å². The van der Waals surface area contributed by atoms with Crippen molar-refractivity contribution < 1.29 is 9.90 Å². The molecule has 6 heteroatoms. The average molecular weight is 390 g/mol. The largest absolute Gasteiger partial charge is 0.389 e. The molecule has 6 nitrogen and oxygen atoms in total. The number of aliphatic hydroxyl groups excluding tert-OH is 1. The van der Waals surface area contributed by atoms with Crippen LogP contribution in [-0.2, 0) is 19.5 Å². The van der Waals surface area contributed by atoms with Crippen LogP contribution in [0.25, 0.3) is 0 Å². The number of likely N-dealkylation sites (N-methyl/N-ethyl adjacent to an activating group) is 1. The second kappa shape index (κ2) is 8.19. The molecule has 1 amide bonds. The number of aliphatic hydroxyl groups is 1. The number of amides is 1. The zero-order valence-corrected chi connectivity index (χ0v) is 16.8. The molecule has 1 aliphatic heterocycles. The Morgan fingerprint density at radius 3 is 2.72 bits per heavy atom. The molecule has 0 unspecified atom stereocenters. The molecule has 150 valence electrons. The quantitative estimate of drug-likeness (QED) is 0.702. The third-order valence-corrected chi connectivity index (χ3v) is 5.32. The van der Waals surface area contributed by atoms with E-state index in [0.717, 1.165) is 30.2 Å². The van der Waals surface area contributed by atoms with Gasteiger partial charge in [0.2, 0.25) is 0 Å². The first kappa shape index (κ1) is 19.4. The van der Waals surface area contributed by atoms with Gasteiger partial charge in [-0.05, 0) is 37.2 Å². The van der Waals surface area contributed by atoms with Crippen molar-refractivity contribution in [1.82, 2.24) is 14.5 Å². The van der Waals surface area contributed by atoms with E-state index in [9.17, 15) is 9.90 Å². The zero-order valence-electron chi connectivity index (χ0n) is 16.8. The minimum Gasteiger partial charge on any atom is -0.389 e. The summed E-state index contributed by atoms with van der Waals surface area (Å²) in [6, 6.07) is 17.5. The Morgan fingerprint density at radius 1 is 1.17 bits per heavy atom. The molecule has 3 aromatic rings. The molecular weight excluding hydrogens is 364 g/mol. The monoisotopic (exact) mass is 390 g/mol. The van der Waals surface area contributed by atoms with Crippen molar-refractivity contribution >= 4 is 11.6 Å². The number of aromatic nitrogens is 2. The molecule has 2 aromatic carbocycles. The zero-order chi connectivity index (χ0) is 20.4. The lowest BCUT2D eigenvalue weighted by Crippen LogP contribution is -2.32. The topological polar surface area (TPSA) is 70.4 Å². The molecule has 0 radical (unpaired) electrons. The summed E-state index contributed by atoms with van der Waals surface area (Å²) >= 11 is 0. The van der Waals surface area contributed by atoms with E-state index in [1.165, 1.54) is 5.56 Å². The SMILES string of the molecule is C[C@H](O)c1cccc(NC(=O)c2nc(Cc3ccccc3)n3c2CN(C)CC3)c1. The van der Waals surface area contributed by atoms with Gasteiger partial charge in [0, 0.05) is 31.7 Å². The Hall–Kier alpha value is -2.96. The average Bonchev–Trinajstić information content (AvgIpc) is 3.06. The van der Waals surface area contributed by atoms with Crippen molar-refractivity contribution in [3.8, 4) is 0 Å². The summed E-state index contributed by atoms with van der Waals surface area (Å²) in [6.45, 7) is 4.16. The molecule has 29 heavy (non-hydrogen) atoms. The number of fused-ring (bicyclic) bond motifs is 1. The molecule has 2 N–H and O–H groups in total. The van der Waals surface area contributed by atoms with E-state index in [1.807, 2.05) is 36.4 Å². The summed E-state index contributed by atoms with van der Waals surface area (Å²) in [5, 5.41) is 12.7. The maximum Gasteiger partial charge on any atom is 0.276 e. The molecule has 1 aliphatic rings. The Bertz CT molecular complexity index is 1010. The van der Waals surface area contributed by atoms with Gasteiger partial charge in [-0.15, -0.1) is 0 Å². The van der Waals surface area contributed by atoms with Crippen LogP contribution in [0.4, 0.5) is 5.69 Å². The third-order valence-electron chi connectivity index (χ3n) is 5.32. The van der Waals surface area contributed by atoms with Crippen molar-refractivity contribution in [3.63, 3.8) is 0 Å². The Balaban J connectivity index is 1.64. The Morgan fingerprint density at radius 2 is 1.97 bits per heavy atom. The number of nitrogens with one attached hydrogen (secondary N) is 1. The molecule has 0 spiro atoms. The predicted molar refractivity (Wildman–Crippen MR) is 113 cm³/mol. The number of carbonyl (C=O) groups is 1. The lowest BCUT2D eigenvalue weighted by atomic mass is 10.1. The van der Waals surface area contributed by atoms with E-state index in [-0.39, 0.29) is 5.91 Å². The number of rotatable bonds is 5. The highest BCUT2D eigenvalue weighted by molar-refractivity contribution is 6.03. The highest BCUT2D eigenvalue weighted by Gasteiger charge is 2.26. The molecule has 0 saturated heterocycles. The van der Waals surface area contributed by atoms with Gasteiger partial charge in [0.05, 0.1) is 11.8 Å². The number of hydrogen-bond donors (Lipinski definition) is 2. The molecule has 1 atom stereocenters. The maximum atomic E-state index is 13.1. The molecule has 4 rings (SSSR count). The third kappa shape index (κ3) is 4.23. The summed E-state index contributed by atoms with van der Waals surface area (Å²) in [4.78, 5) is 20.0. The Kier molecular flexibility index (Phi) is 5.47. The van der Waals surface area contributed by atoms with E-state index in [1.54, 1.807) is 13.0 Å². The molecule has 2 heterocycles. The fourth-order valence-electron chi connectivity index (χ4n) is 3.73. The number of anilines is 1. The first-order valence-corrected chi connectivity index (χ1v) is 9.91. The summed E-state index contributed by atoms with van der Waals surface area (Å²) in [5.41, 5.74) is 4.03. The van der Waals surface area contributed by atoms with Gasteiger partial charge in [0.25, 0.3) is 5.91 Å². The first-order valence-electron chi connectivity index (χ1n) is 9.91. The van der Waals surface area contributed by atoms with Crippen molar-refractivity contribution in [2.45, 2.75) is 32.5 Å². The van der Waals surface area contributed by atoms with Gasteiger partial charge < -0.3 is 15.0 Å². The first-order chi connectivity index (χ1) is 14.0. The summed E-state index contributed by atoms with van der Waals surface area (Å²) < 4.78 is 2.19. The second-order valence-corrected chi connectivity index (χ2v) is 7.63. The van der Waals surface area contributed by atoms with Crippen LogP contribution in [0.2, 0.25) is 0 Å². The maximum absolute atomic E-state index is 13.1. The molecule has 0 saturated carbocycles. The Labute approximate surface area is 170 Å². The van der Waals surface area contributed by atoms with Gasteiger partial charge >= 0.3 is 0 Å². The van der Waals surface area contributed by atoms with Gasteiger partial charge in [-0.25, -0.2) is 4.98 Å². The van der Waals surface area contributed by atoms with E-state index >= 15 is 0 Å². The van der Waals surface area contributed by atoms with Gasteiger partial charge in [0.15, 0.2) is 5.69 Å². The predicted octanol–water partition coefficient (Wildman–Crippen LogP) is 3.22. The molecule has 0 bridgehead atoms. The van der Waals surface area contributed by atoms with Crippen LogP contribution in [0.3, 0.4) is 0 Å². The van der Waals surface area contributed by atoms with E-state index in [0.29, 0.717) is 24.3 Å². The number of imidazole rings is 1. The minimum atomic E-state index is -0.585. The lowest BCUT2D eigenvalue weighted by molar-refractivity contribution is 0.101. The molecular formula is C23H26N4O2. The standard InChI is InChI=1S/C23H26N4O2/c1-16(28)18-9-6-10-19(14-18)24-23(29)22-20-15-26(2)11-12-27(20)21(25-22)13-17-7-4-3-5-8-17/h3-10,14,16,28H,11-13,15H2,1-2H3,(H,24,29)/t16-/m0/s1. The van der Waals surface area contributed by atoms with Crippen molar-refractivity contribution in [2.24, 2.45) is 0 Å². The molecule has 0 aliphatic carbocycles. The van der Waals surface area contributed by atoms with E-state index < -0.39 is 6.10 Å². The minimum absolute atomic E-state index is 0.217. The highest BCUT2D eigenvalue weighted by atomic mass is 16.3. The van der Waals surface area contributed by atoms with Crippen molar-refractivity contribution in [3.05, 3.63) is 82.9 Å². The number of nitrogens with zero attached hydrogens (tertiary/aromatic N) is 3. The smallest absolute Gasteiger partial charge is 0.276 e. The van der Waals surface area contributed by atoms with Crippen LogP contribution in [0, 0.1) is 0 Å².